The molecule has 0 atom stereocenters. The molecule has 0 bridgehead atoms. The van der Waals surface area contributed by atoms with Gasteiger partial charge in [0, 0.05) is 11.9 Å². The molecule has 0 spiro atoms. The van der Waals surface area contributed by atoms with Crippen molar-refractivity contribution in [2.24, 2.45) is 0 Å². The van der Waals surface area contributed by atoms with E-state index in [1.54, 1.807) is 6.07 Å². The molecule has 0 unspecified atom stereocenters. The van der Waals surface area contributed by atoms with Crippen molar-refractivity contribution in [3.63, 3.8) is 0 Å². The third-order valence-corrected chi connectivity index (χ3v) is 2.97. The van der Waals surface area contributed by atoms with Crippen LogP contribution in [-0.4, -0.2) is 9.97 Å². The van der Waals surface area contributed by atoms with Crippen LogP contribution in [0.3, 0.4) is 0 Å². The fourth-order valence-electron chi connectivity index (χ4n) is 1.14. The van der Waals surface area contributed by atoms with Gasteiger partial charge in [-0.2, -0.15) is 4.98 Å². The maximum Gasteiger partial charge on any atom is 0.224 e. The zero-order chi connectivity index (χ0) is 12.4. The number of anilines is 2. The van der Waals surface area contributed by atoms with Crippen LogP contribution < -0.4 is 5.32 Å². The van der Waals surface area contributed by atoms with Crippen LogP contribution in [0.1, 0.15) is 0 Å². The van der Waals surface area contributed by atoms with Gasteiger partial charge in [0.25, 0.3) is 0 Å². The largest absolute Gasteiger partial charge is 0.339 e. The first-order chi connectivity index (χ1) is 8.06. The summed E-state index contributed by atoms with van der Waals surface area (Å²) < 4.78 is 13.8. The molecule has 0 radical (unpaired) electrons. The van der Waals surface area contributed by atoms with Gasteiger partial charge < -0.3 is 5.32 Å². The van der Waals surface area contributed by atoms with E-state index >= 15 is 0 Å². The number of halogens is 4. The summed E-state index contributed by atoms with van der Waals surface area (Å²) in [7, 11) is 0. The molecule has 88 valence electrons. The van der Waals surface area contributed by atoms with Crippen molar-refractivity contribution in [1.82, 2.24) is 9.97 Å². The fraction of sp³-hybridized carbons (Fsp3) is 0. The van der Waals surface area contributed by atoms with Crippen molar-refractivity contribution in [1.29, 1.82) is 0 Å². The Balaban J connectivity index is 2.31. The molecule has 0 saturated heterocycles. The molecule has 0 aliphatic carbocycles. The molecular weight excluding hydrogens is 332 g/mol. The molecule has 1 N–H and O–H groups in total. The third kappa shape index (κ3) is 3.06. The van der Waals surface area contributed by atoms with Crippen LogP contribution in [0.5, 0.6) is 0 Å². The van der Waals surface area contributed by atoms with Gasteiger partial charge in [-0.3, -0.25) is 0 Å². The second-order valence-electron chi connectivity index (χ2n) is 3.09. The number of aromatic nitrogens is 2. The highest BCUT2D eigenvalue weighted by molar-refractivity contribution is 9.10. The normalized spacial score (nSPS) is 10.4. The summed E-state index contributed by atoms with van der Waals surface area (Å²) in [5.74, 6) is -0.0559. The molecule has 2 rings (SSSR count). The molecule has 0 fully saturated rings. The average molecular weight is 337 g/mol. The molecule has 0 aliphatic heterocycles. The minimum absolute atomic E-state index is 0.0651. The van der Waals surface area contributed by atoms with Crippen LogP contribution in [0.2, 0.25) is 10.3 Å². The van der Waals surface area contributed by atoms with Gasteiger partial charge in [-0.15, -0.1) is 0 Å². The first-order valence-corrected chi connectivity index (χ1v) is 6.01. The molecule has 0 saturated carbocycles. The molecule has 7 heteroatoms. The summed E-state index contributed by atoms with van der Waals surface area (Å²) >= 11 is 14.5. The van der Waals surface area contributed by atoms with Gasteiger partial charge in [0.15, 0.2) is 0 Å². The molecule has 2 aromatic rings. The maximum atomic E-state index is 13.2. The number of hydrogen-bond acceptors (Lipinski definition) is 3. The number of hydrogen-bond donors (Lipinski definition) is 1. The summed E-state index contributed by atoms with van der Waals surface area (Å²) in [4.78, 5) is 7.75. The number of nitrogens with one attached hydrogen (secondary N) is 1. The standard InChI is InChI=1S/C10H5BrCl2FN3/c11-6-4-15-10(13)17-9(6)16-5-1-2-7(12)8(14)3-5/h1-4H,(H,15,16,17). The number of rotatable bonds is 2. The maximum absolute atomic E-state index is 13.2. The minimum atomic E-state index is -0.507. The number of benzene rings is 1. The van der Waals surface area contributed by atoms with E-state index in [0.29, 0.717) is 16.0 Å². The zero-order valence-corrected chi connectivity index (χ0v) is 11.3. The van der Waals surface area contributed by atoms with Crippen molar-refractivity contribution >= 4 is 50.6 Å². The van der Waals surface area contributed by atoms with Crippen LogP contribution in [0.4, 0.5) is 15.9 Å². The summed E-state index contributed by atoms with van der Waals surface area (Å²) in [6.45, 7) is 0. The highest BCUT2D eigenvalue weighted by Gasteiger charge is 2.06. The predicted molar refractivity (Wildman–Crippen MR) is 69.4 cm³/mol. The summed E-state index contributed by atoms with van der Waals surface area (Å²) in [5, 5.41) is 3.07. The number of nitrogens with zero attached hydrogens (tertiary/aromatic N) is 2. The first kappa shape index (κ1) is 12.5. The van der Waals surface area contributed by atoms with Crippen LogP contribution in [0, 0.1) is 5.82 Å². The minimum Gasteiger partial charge on any atom is -0.339 e. The SMILES string of the molecule is Fc1cc(Nc2nc(Cl)ncc2Br)ccc1Cl. The quantitative estimate of drug-likeness (QED) is 0.824. The van der Waals surface area contributed by atoms with E-state index in [1.165, 1.54) is 18.3 Å². The molecule has 0 amide bonds. The highest BCUT2D eigenvalue weighted by atomic mass is 79.9. The third-order valence-electron chi connectivity index (χ3n) is 1.90. The Labute approximate surface area is 115 Å². The molecule has 17 heavy (non-hydrogen) atoms. The smallest absolute Gasteiger partial charge is 0.224 e. The lowest BCUT2D eigenvalue weighted by atomic mass is 10.3. The zero-order valence-electron chi connectivity index (χ0n) is 8.22. The van der Waals surface area contributed by atoms with Gasteiger partial charge in [0.1, 0.15) is 11.6 Å². The van der Waals surface area contributed by atoms with Crippen molar-refractivity contribution in [3.8, 4) is 0 Å². The van der Waals surface area contributed by atoms with E-state index in [0.717, 1.165) is 0 Å². The molecule has 1 aromatic heterocycles. The van der Waals surface area contributed by atoms with Crippen LogP contribution in [-0.2, 0) is 0 Å². The molecular formula is C10H5BrCl2FN3. The van der Waals surface area contributed by atoms with Gasteiger partial charge >= 0.3 is 0 Å². The van der Waals surface area contributed by atoms with Gasteiger partial charge in [-0.1, -0.05) is 11.6 Å². The van der Waals surface area contributed by atoms with Gasteiger partial charge in [0.2, 0.25) is 5.28 Å². The van der Waals surface area contributed by atoms with Crippen molar-refractivity contribution in [2.45, 2.75) is 0 Å². The first-order valence-electron chi connectivity index (χ1n) is 4.46. The average Bonchev–Trinajstić information content (AvgIpc) is 2.29. The molecule has 0 aliphatic rings. The Morgan fingerprint density at radius 3 is 2.76 bits per heavy atom. The lowest BCUT2D eigenvalue weighted by Gasteiger charge is -2.07. The van der Waals surface area contributed by atoms with E-state index in [1.807, 2.05) is 0 Å². The van der Waals surface area contributed by atoms with E-state index in [2.05, 4.69) is 31.2 Å². The Morgan fingerprint density at radius 1 is 1.29 bits per heavy atom. The predicted octanol–water partition coefficient (Wildman–Crippen LogP) is 4.43. The second-order valence-corrected chi connectivity index (χ2v) is 4.69. The van der Waals surface area contributed by atoms with Crippen molar-refractivity contribution in [3.05, 3.63) is 45.0 Å². The summed E-state index contributed by atoms with van der Waals surface area (Å²) in [6.07, 6.45) is 1.50. The van der Waals surface area contributed by atoms with E-state index < -0.39 is 5.82 Å². The fourth-order valence-corrected chi connectivity index (χ4v) is 1.68. The monoisotopic (exact) mass is 335 g/mol. The molecule has 1 aromatic carbocycles. The molecule has 1 heterocycles. The summed E-state index contributed by atoms with van der Waals surface area (Å²) in [6, 6.07) is 4.36. The highest BCUT2D eigenvalue weighted by Crippen LogP contribution is 2.26. The van der Waals surface area contributed by atoms with Crippen LogP contribution in [0.25, 0.3) is 0 Å². The summed E-state index contributed by atoms with van der Waals surface area (Å²) in [5.41, 5.74) is 0.516. The molecule has 3 nitrogen and oxygen atoms in total. The van der Waals surface area contributed by atoms with Gasteiger partial charge in [-0.25, -0.2) is 9.37 Å². The van der Waals surface area contributed by atoms with E-state index in [9.17, 15) is 4.39 Å². The van der Waals surface area contributed by atoms with Crippen LogP contribution in [0.15, 0.2) is 28.9 Å². The second kappa shape index (κ2) is 5.16. The Bertz CT molecular complexity index is 565. The Kier molecular flexibility index (Phi) is 3.81. The van der Waals surface area contributed by atoms with Crippen molar-refractivity contribution < 1.29 is 4.39 Å². The van der Waals surface area contributed by atoms with Crippen LogP contribution >= 0.6 is 39.1 Å². The van der Waals surface area contributed by atoms with Gasteiger partial charge in [-0.05, 0) is 45.7 Å². The lowest BCUT2D eigenvalue weighted by molar-refractivity contribution is 0.629. The van der Waals surface area contributed by atoms with Gasteiger partial charge in [0.05, 0.1) is 9.50 Å². The van der Waals surface area contributed by atoms with Crippen molar-refractivity contribution in [2.75, 3.05) is 5.32 Å². The van der Waals surface area contributed by atoms with E-state index in [-0.39, 0.29) is 10.3 Å². The lowest BCUT2D eigenvalue weighted by Crippen LogP contribution is -1.96. The van der Waals surface area contributed by atoms with E-state index in [4.69, 9.17) is 23.2 Å². The Morgan fingerprint density at radius 2 is 2.06 bits per heavy atom. The Hall–Kier alpha value is -0.910. The topological polar surface area (TPSA) is 37.8 Å².